The summed E-state index contributed by atoms with van der Waals surface area (Å²) in [5, 5.41) is 3.29. The molecule has 122 valence electrons. The van der Waals surface area contributed by atoms with Crippen LogP contribution in [-0.4, -0.2) is 24.7 Å². The van der Waals surface area contributed by atoms with Crippen LogP contribution in [0.3, 0.4) is 0 Å². The van der Waals surface area contributed by atoms with Gasteiger partial charge in [-0.3, -0.25) is 4.79 Å². The summed E-state index contributed by atoms with van der Waals surface area (Å²) in [5.41, 5.74) is 1.90. The van der Waals surface area contributed by atoms with Crippen molar-refractivity contribution in [1.82, 2.24) is 5.32 Å². The summed E-state index contributed by atoms with van der Waals surface area (Å²) in [6.45, 7) is 6.72. The predicted octanol–water partition coefficient (Wildman–Crippen LogP) is 3.75. The molecular formula is C20H25NO2. The van der Waals surface area contributed by atoms with Gasteiger partial charge in [0.2, 0.25) is 0 Å². The molecule has 2 aromatic rings. The average molecular weight is 311 g/mol. The van der Waals surface area contributed by atoms with Gasteiger partial charge in [-0.1, -0.05) is 74.5 Å². The molecule has 0 heterocycles. The van der Waals surface area contributed by atoms with Gasteiger partial charge in [0.1, 0.15) is 12.0 Å². The quantitative estimate of drug-likeness (QED) is 0.792. The zero-order chi connectivity index (χ0) is 16.7. The van der Waals surface area contributed by atoms with Gasteiger partial charge < -0.3 is 10.1 Å². The summed E-state index contributed by atoms with van der Waals surface area (Å²) >= 11 is 0. The predicted molar refractivity (Wildman–Crippen MR) is 93.4 cm³/mol. The van der Waals surface area contributed by atoms with Crippen LogP contribution >= 0.6 is 0 Å². The Morgan fingerprint density at radius 1 is 0.913 bits per heavy atom. The highest BCUT2D eigenvalue weighted by Crippen LogP contribution is 2.26. The minimum Gasteiger partial charge on any atom is -0.461 e. The summed E-state index contributed by atoms with van der Waals surface area (Å²) in [6.07, 6.45) is -0.167. The van der Waals surface area contributed by atoms with Crippen molar-refractivity contribution >= 4 is 5.97 Å². The van der Waals surface area contributed by atoms with E-state index in [1.807, 2.05) is 67.6 Å². The number of ether oxygens (including phenoxy) is 1. The summed E-state index contributed by atoms with van der Waals surface area (Å²) in [4.78, 5) is 12.7. The number of hydrogen-bond acceptors (Lipinski definition) is 3. The molecule has 2 rings (SSSR count). The molecule has 0 spiro atoms. The zero-order valence-electron chi connectivity index (χ0n) is 14.0. The minimum atomic E-state index is -0.390. The third kappa shape index (κ3) is 5.22. The fraction of sp³-hybridized carbons (Fsp3) is 0.350. The summed E-state index contributed by atoms with van der Waals surface area (Å²) < 4.78 is 5.67. The maximum absolute atomic E-state index is 12.7. The summed E-state index contributed by atoms with van der Waals surface area (Å²) in [7, 11) is 0. The second-order valence-electron chi connectivity index (χ2n) is 6.06. The topological polar surface area (TPSA) is 38.3 Å². The lowest BCUT2D eigenvalue weighted by Gasteiger charge is -2.21. The third-order valence-corrected chi connectivity index (χ3v) is 3.63. The Bertz CT molecular complexity index is 556. The molecule has 3 nitrogen and oxygen atoms in total. The Balaban J connectivity index is 2.16. The maximum Gasteiger partial charge on any atom is 0.318 e. The van der Waals surface area contributed by atoms with Crippen LogP contribution < -0.4 is 5.32 Å². The molecule has 0 aromatic heterocycles. The number of benzene rings is 2. The standard InChI is InChI=1S/C20H25NO2/c1-15(2)21-14-16(3)23-20(22)19(17-10-6-4-7-11-17)18-12-8-5-9-13-18/h4-13,15-16,19,21H,14H2,1-3H3/t16-/m1/s1. The van der Waals surface area contributed by atoms with E-state index in [1.54, 1.807) is 0 Å². The molecule has 0 radical (unpaired) electrons. The molecule has 0 bridgehead atoms. The van der Waals surface area contributed by atoms with Crippen molar-refractivity contribution in [2.45, 2.75) is 38.8 Å². The van der Waals surface area contributed by atoms with E-state index in [-0.39, 0.29) is 18.0 Å². The monoisotopic (exact) mass is 311 g/mol. The van der Waals surface area contributed by atoms with Crippen LogP contribution in [0.25, 0.3) is 0 Å². The Kier molecular flexibility index (Phi) is 6.36. The number of carbonyl (C=O) groups is 1. The molecule has 1 atom stereocenters. The molecule has 0 aliphatic rings. The molecule has 0 aliphatic heterocycles. The molecule has 0 amide bonds. The number of esters is 1. The Morgan fingerprint density at radius 3 is 1.83 bits per heavy atom. The van der Waals surface area contributed by atoms with Crippen molar-refractivity contribution in [3.05, 3.63) is 71.8 Å². The number of carbonyl (C=O) groups excluding carboxylic acids is 1. The molecule has 0 saturated heterocycles. The largest absolute Gasteiger partial charge is 0.461 e. The Morgan fingerprint density at radius 2 is 1.39 bits per heavy atom. The molecule has 0 unspecified atom stereocenters. The van der Waals surface area contributed by atoms with Crippen LogP contribution in [0.15, 0.2) is 60.7 Å². The number of hydrogen-bond donors (Lipinski definition) is 1. The molecule has 3 heteroatoms. The fourth-order valence-electron chi connectivity index (χ4n) is 2.47. The molecule has 1 N–H and O–H groups in total. The lowest BCUT2D eigenvalue weighted by Crippen LogP contribution is -2.34. The van der Waals surface area contributed by atoms with E-state index in [2.05, 4.69) is 19.2 Å². The van der Waals surface area contributed by atoms with Crippen LogP contribution in [0.4, 0.5) is 0 Å². The van der Waals surface area contributed by atoms with E-state index in [1.165, 1.54) is 0 Å². The van der Waals surface area contributed by atoms with Gasteiger partial charge in [-0.05, 0) is 18.1 Å². The van der Waals surface area contributed by atoms with Crippen LogP contribution in [0.1, 0.15) is 37.8 Å². The summed E-state index contributed by atoms with van der Waals surface area (Å²) in [5.74, 6) is -0.598. The molecule has 0 saturated carbocycles. The van der Waals surface area contributed by atoms with Gasteiger partial charge in [0.15, 0.2) is 0 Å². The van der Waals surface area contributed by atoms with E-state index in [0.717, 1.165) is 11.1 Å². The fourth-order valence-corrected chi connectivity index (χ4v) is 2.47. The SMILES string of the molecule is CC(C)NC[C@@H](C)OC(=O)C(c1ccccc1)c1ccccc1. The van der Waals surface area contributed by atoms with Gasteiger partial charge in [-0.25, -0.2) is 0 Å². The normalized spacial score (nSPS) is 12.4. The molecule has 2 aromatic carbocycles. The first kappa shape index (κ1) is 17.2. The third-order valence-electron chi connectivity index (χ3n) is 3.63. The lowest BCUT2D eigenvalue weighted by molar-refractivity contribution is -0.148. The molecule has 0 fully saturated rings. The van der Waals surface area contributed by atoms with Gasteiger partial charge >= 0.3 is 5.97 Å². The van der Waals surface area contributed by atoms with Crippen molar-refractivity contribution < 1.29 is 9.53 Å². The van der Waals surface area contributed by atoms with Gasteiger partial charge in [-0.15, -0.1) is 0 Å². The molecular weight excluding hydrogens is 286 g/mol. The highest BCUT2D eigenvalue weighted by atomic mass is 16.5. The van der Waals surface area contributed by atoms with E-state index in [4.69, 9.17) is 4.74 Å². The van der Waals surface area contributed by atoms with Crippen molar-refractivity contribution in [2.75, 3.05) is 6.54 Å². The second-order valence-corrected chi connectivity index (χ2v) is 6.06. The second kappa shape index (κ2) is 8.49. The van der Waals surface area contributed by atoms with Crippen molar-refractivity contribution in [3.8, 4) is 0 Å². The molecule has 23 heavy (non-hydrogen) atoms. The first-order valence-corrected chi connectivity index (χ1v) is 8.11. The Labute approximate surface area is 138 Å². The highest BCUT2D eigenvalue weighted by Gasteiger charge is 2.25. The molecule has 0 aliphatic carbocycles. The highest BCUT2D eigenvalue weighted by molar-refractivity contribution is 5.82. The van der Waals surface area contributed by atoms with Crippen LogP contribution in [0.2, 0.25) is 0 Å². The average Bonchev–Trinajstić information content (AvgIpc) is 2.55. The minimum absolute atomic E-state index is 0.167. The first-order chi connectivity index (χ1) is 11.1. The number of nitrogens with one attached hydrogen (secondary N) is 1. The smallest absolute Gasteiger partial charge is 0.318 e. The van der Waals surface area contributed by atoms with Gasteiger partial charge in [0.05, 0.1) is 0 Å². The van der Waals surface area contributed by atoms with E-state index >= 15 is 0 Å². The lowest BCUT2D eigenvalue weighted by atomic mass is 9.91. The van der Waals surface area contributed by atoms with E-state index in [9.17, 15) is 4.79 Å². The first-order valence-electron chi connectivity index (χ1n) is 8.11. The van der Waals surface area contributed by atoms with Crippen LogP contribution in [0.5, 0.6) is 0 Å². The van der Waals surface area contributed by atoms with Crippen molar-refractivity contribution in [3.63, 3.8) is 0 Å². The zero-order valence-corrected chi connectivity index (χ0v) is 14.0. The summed E-state index contributed by atoms with van der Waals surface area (Å²) in [6, 6.07) is 19.9. The van der Waals surface area contributed by atoms with Crippen LogP contribution in [-0.2, 0) is 9.53 Å². The number of rotatable bonds is 7. The van der Waals surface area contributed by atoms with Gasteiger partial charge in [-0.2, -0.15) is 0 Å². The van der Waals surface area contributed by atoms with Crippen LogP contribution in [0, 0.1) is 0 Å². The van der Waals surface area contributed by atoms with E-state index < -0.39 is 0 Å². The van der Waals surface area contributed by atoms with E-state index in [0.29, 0.717) is 12.6 Å². The van der Waals surface area contributed by atoms with Crippen molar-refractivity contribution in [2.24, 2.45) is 0 Å². The van der Waals surface area contributed by atoms with Crippen molar-refractivity contribution in [1.29, 1.82) is 0 Å². The van der Waals surface area contributed by atoms with Gasteiger partial charge in [0, 0.05) is 12.6 Å². The van der Waals surface area contributed by atoms with Gasteiger partial charge in [0.25, 0.3) is 0 Å². The maximum atomic E-state index is 12.7. The Hall–Kier alpha value is -2.13.